The lowest BCUT2D eigenvalue weighted by Gasteiger charge is -1.98. The first-order valence-corrected chi connectivity index (χ1v) is 3.34. The quantitative estimate of drug-likeness (QED) is 0.503. The Morgan fingerprint density at radius 1 is 1.00 bits per heavy atom. The Kier molecular flexibility index (Phi) is 10.5. The van der Waals surface area contributed by atoms with E-state index in [1.165, 1.54) is 0 Å². The lowest BCUT2D eigenvalue weighted by molar-refractivity contribution is 0.0472. The zero-order valence-corrected chi connectivity index (χ0v) is 6.94. The van der Waals surface area contributed by atoms with Crippen molar-refractivity contribution in [1.29, 1.82) is 0 Å². The summed E-state index contributed by atoms with van der Waals surface area (Å²) in [6.45, 7) is 3.45. The van der Waals surface area contributed by atoms with E-state index in [1.54, 1.807) is 0 Å². The van der Waals surface area contributed by atoms with E-state index < -0.39 is 12.3 Å². The van der Waals surface area contributed by atoms with E-state index in [4.69, 9.17) is 10.2 Å². The molecule has 0 spiro atoms. The number of hydrogen-bond acceptors (Lipinski definition) is 4. The largest absolute Gasteiger partial charge is 0.505 e. The van der Waals surface area contributed by atoms with Gasteiger partial charge in [-0.05, 0) is 0 Å². The van der Waals surface area contributed by atoms with E-state index in [0.29, 0.717) is 0 Å². The monoisotopic (exact) mass is 180 g/mol. The fourth-order valence-electron chi connectivity index (χ4n) is 0.258. The molecule has 0 unspecified atom stereocenters. The molecule has 0 radical (unpaired) electrons. The molecule has 0 bridgehead atoms. The predicted octanol–water partition coefficient (Wildman–Crippen LogP) is 1.40. The summed E-state index contributed by atoms with van der Waals surface area (Å²) >= 11 is 0. The third-order valence-corrected chi connectivity index (χ3v) is 0.534. The maximum absolute atomic E-state index is 9.62. The van der Waals surface area contributed by atoms with Crippen LogP contribution in [0, 0.1) is 0 Å². The minimum absolute atomic E-state index is 0.276. The maximum Gasteiger partial charge on any atom is 0.505 e. The van der Waals surface area contributed by atoms with E-state index >= 15 is 0 Å². The van der Waals surface area contributed by atoms with Gasteiger partial charge in [0.25, 0.3) is 0 Å². The van der Waals surface area contributed by atoms with Crippen LogP contribution in [0.1, 0.15) is 13.8 Å². The molecule has 0 rings (SSSR count). The average Bonchev–Trinajstić information content (AvgIpc) is 2.02. The van der Waals surface area contributed by atoms with Gasteiger partial charge in [0.1, 0.15) is 13.2 Å². The number of carboxylic acid groups (broad SMARTS) is 2. The van der Waals surface area contributed by atoms with Crippen LogP contribution in [0.3, 0.4) is 0 Å². The molecule has 0 saturated heterocycles. The van der Waals surface area contributed by atoms with Crippen LogP contribution in [0.15, 0.2) is 0 Å². The van der Waals surface area contributed by atoms with Gasteiger partial charge in [0.2, 0.25) is 0 Å². The smallest absolute Gasteiger partial charge is 0.450 e. The highest BCUT2D eigenvalue weighted by molar-refractivity contribution is 5.57. The van der Waals surface area contributed by atoms with Crippen molar-refractivity contribution in [2.24, 2.45) is 0 Å². The van der Waals surface area contributed by atoms with E-state index in [9.17, 15) is 9.59 Å². The van der Waals surface area contributed by atoms with Crippen molar-refractivity contribution in [3.05, 3.63) is 0 Å². The zero-order chi connectivity index (χ0) is 9.98. The minimum atomic E-state index is -1.45. The van der Waals surface area contributed by atoms with Gasteiger partial charge in [-0.25, -0.2) is 9.59 Å². The van der Waals surface area contributed by atoms with Crippen LogP contribution in [-0.4, -0.2) is 35.7 Å². The molecule has 0 saturated carbocycles. The van der Waals surface area contributed by atoms with Crippen LogP contribution >= 0.6 is 0 Å². The van der Waals surface area contributed by atoms with Crippen LogP contribution in [0.25, 0.3) is 0 Å². The Balaban J connectivity index is 0. The number of carbonyl (C=O) groups is 2. The zero-order valence-electron chi connectivity index (χ0n) is 6.94. The molecule has 2 N–H and O–H groups in total. The first-order valence-electron chi connectivity index (χ1n) is 3.34. The molecule has 0 fully saturated rings. The Morgan fingerprint density at radius 3 is 1.42 bits per heavy atom. The van der Waals surface area contributed by atoms with Crippen molar-refractivity contribution in [3.8, 4) is 0 Å². The van der Waals surface area contributed by atoms with Gasteiger partial charge in [-0.3, -0.25) is 0 Å². The second kappa shape index (κ2) is 9.54. The summed E-state index contributed by atoms with van der Waals surface area (Å²) in [7, 11) is 0. The molecule has 0 aromatic carbocycles. The summed E-state index contributed by atoms with van der Waals surface area (Å²) < 4.78 is 7.84. The third-order valence-electron chi connectivity index (χ3n) is 0.534. The minimum Gasteiger partial charge on any atom is -0.450 e. The van der Waals surface area contributed by atoms with Crippen LogP contribution in [0.5, 0.6) is 0 Å². The lowest BCUT2D eigenvalue weighted by atomic mass is 10.8. The molecular weight excluding hydrogens is 168 g/mol. The van der Waals surface area contributed by atoms with Gasteiger partial charge in [0.15, 0.2) is 0 Å². The van der Waals surface area contributed by atoms with E-state index in [0.717, 1.165) is 0 Å². The van der Waals surface area contributed by atoms with Gasteiger partial charge in [0.05, 0.1) is 0 Å². The summed E-state index contributed by atoms with van der Waals surface area (Å²) in [6, 6.07) is 0. The molecule has 0 atom stereocenters. The molecule has 0 aromatic heterocycles. The lowest BCUT2D eigenvalue weighted by Crippen LogP contribution is -2.10. The number of hydrogen-bond donors (Lipinski definition) is 2. The number of ether oxygens (including phenoxy) is 2. The van der Waals surface area contributed by atoms with Gasteiger partial charge in [-0.15, -0.1) is 0 Å². The summed E-state index contributed by atoms with van der Waals surface area (Å²) in [4.78, 5) is 19.2. The topological polar surface area (TPSA) is 93.1 Å². The van der Waals surface area contributed by atoms with E-state index in [2.05, 4.69) is 9.47 Å². The molecule has 0 heterocycles. The summed E-state index contributed by atoms with van der Waals surface area (Å²) in [6.07, 6.45) is -2.90. The van der Waals surface area contributed by atoms with Crippen molar-refractivity contribution >= 4 is 12.3 Å². The Labute approximate surface area is 69.7 Å². The van der Waals surface area contributed by atoms with Gasteiger partial charge in [0, 0.05) is 0 Å². The average molecular weight is 180 g/mol. The fourth-order valence-corrected chi connectivity index (χ4v) is 0.258. The van der Waals surface area contributed by atoms with Gasteiger partial charge < -0.3 is 19.7 Å². The van der Waals surface area contributed by atoms with Crippen LogP contribution in [0.2, 0.25) is 0 Å². The molecule has 72 valence electrons. The highest BCUT2D eigenvalue weighted by Gasteiger charge is 1.98. The van der Waals surface area contributed by atoms with Crippen LogP contribution in [0.4, 0.5) is 9.59 Å². The van der Waals surface area contributed by atoms with Gasteiger partial charge in [-0.1, -0.05) is 13.8 Å². The summed E-state index contributed by atoms with van der Waals surface area (Å²) in [5, 5.41) is 15.7. The second-order valence-corrected chi connectivity index (χ2v) is 1.23. The molecule has 0 amide bonds. The van der Waals surface area contributed by atoms with Crippen LogP contribution in [-0.2, 0) is 9.47 Å². The summed E-state index contributed by atoms with van der Waals surface area (Å²) in [5.41, 5.74) is 0. The third kappa shape index (κ3) is 15.8. The SMILES string of the molecule is CC.O=C(O)OCCOC(=O)O. The first kappa shape index (κ1) is 13.2. The Morgan fingerprint density at radius 2 is 1.25 bits per heavy atom. The van der Waals surface area contributed by atoms with Gasteiger partial charge >= 0.3 is 12.3 Å². The molecule has 0 aliphatic heterocycles. The van der Waals surface area contributed by atoms with Crippen molar-refractivity contribution < 1.29 is 29.3 Å². The first-order chi connectivity index (χ1) is 5.63. The van der Waals surface area contributed by atoms with E-state index in [1.807, 2.05) is 13.8 Å². The molecular formula is C6H12O6. The van der Waals surface area contributed by atoms with Crippen molar-refractivity contribution in [2.45, 2.75) is 13.8 Å². The molecule has 0 aliphatic rings. The molecule has 12 heavy (non-hydrogen) atoms. The Hall–Kier alpha value is -1.46. The highest BCUT2D eigenvalue weighted by Crippen LogP contribution is 1.79. The Bertz CT molecular complexity index is 116. The maximum atomic E-state index is 9.62. The molecule has 0 aromatic rings. The normalized spacial score (nSPS) is 7.50. The fraction of sp³-hybridized carbons (Fsp3) is 0.667. The highest BCUT2D eigenvalue weighted by atomic mass is 16.7. The van der Waals surface area contributed by atoms with Crippen LogP contribution < -0.4 is 0 Å². The van der Waals surface area contributed by atoms with Gasteiger partial charge in [-0.2, -0.15) is 0 Å². The predicted molar refractivity (Wildman–Crippen MR) is 39.3 cm³/mol. The second-order valence-electron chi connectivity index (χ2n) is 1.23. The standard InChI is InChI=1S/C4H6O6.C2H6/c5-3(6)9-1-2-10-4(7)8;1-2/h1-2H2,(H,5,6)(H,7,8);1-2H3. The van der Waals surface area contributed by atoms with E-state index in [-0.39, 0.29) is 13.2 Å². The molecule has 6 heteroatoms. The number of rotatable bonds is 3. The molecule has 6 nitrogen and oxygen atoms in total. The van der Waals surface area contributed by atoms with Crippen molar-refractivity contribution in [2.75, 3.05) is 13.2 Å². The van der Waals surface area contributed by atoms with Crippen molar-refractivity contribution in [3.63, 3.8) is 0 Å². The molecule has 0 aliphatic carbocycles. The van der Waals surface area contributed by atoms with Crippen molar-refractivity contribution in [1.82, 2.24) is 0 Å². The summed E-state index contributed by atoms with van der Waals surface area (Å²) in [5.74, 6) is 0.